The molecule has 1 aromatic carbocycles. The fourth-order valence-corrected chi connectivity index (χ4v) is 3.37. The first-order valence-corrected chi connectivity index (χ1v) is 9.79. The van der Waals surface area contributed by atoms with Gasteiger partial charge in [0.25, 0.3) is 0 Å². The molecule has 0 atom stereocenters. The van der Waals surface area contributed by atoms with Gasteiger partial charge in [0.05, 0.1) is 5.69 Å². The first-order valence-electron chi connectivity index (χ1n) is 9.79. The van der Waals surface area contributed by atoms with E-state index in [9.17, 15) is 4.79 Å². The largest absolute Gasteiger partial charge is 0.352 e. The van der Waals surface area contributed by atoms with Crippen LogP contribution in [-0.4, -0.2) is 34.7 Å². The zero-order valence-corrected chi connectivity index (χ0v) is 17.7. The van der Waals surface area contributed by atoms with Crippen molar-refractivity contribution in [2.75, 3.05) is 14.1 Å². The molecule has 5 nitrogen and oxygen atoms in total. The maximum absolute atomic E-state index is 12.4. The van der Waals surface area contributed by atoms with Crippen LogP contribution in [0.15, 0.2) is 24.3 Å². The molecule has 1 N–H and O–H groups in total. The van der Waals surface area contributed by atoms with E-state index in [-0.39, 0.29) is 5.91 Å². The van der Waals surface area contributed by atoms with Crippen molar-refractivity contribution in [1.29, 1.82) is 0 Å². The Kier molecular flexibility index (Phi) is 7.60. The molecule has 0 aliphatic rings. The van der Waals surface area contributed by atoms with Gasteiger partial charge in [-0.1, -0.05) is 38.1 Å². The number of nitrogens with one attached hydrogen (secondary N) is 1. The number of carbonyl (C=O) groups is 1. The lowest BCUT2D eigenvalue weighted by molar-refractivity contribution is -0.121. The summed E-state index contributed by atoms with van der Waals surface area (Å²) < 4.78 is 2.07. The molecule has 0 bridgehead atoms. The van der Waals surface area contributed by atoms with Gasteiger partial charge in [0, 0.05) is 31.7 Å². The number of aromatic nitrogens is 2. The van der Waals surface area contributed by atoms with Crippen LogP contribution in [-0.2, 0) is 30.8 Å². The molecule has 0 radical (unpaired) electrons. The Morgan fingerprint density at radius 2 is 1.85 bits per heavy atom. The van der Waals surface area contributed by atoms with Crippen molar-refractivity contribution >= 4 is 5.91 Å². The Morgan fingerprint density at radius 3 is 2.48 bits per heavy atom. The highest BCUT2D eigenvalue weighted by atomic mass is 16.1. The summed E-state index contributed by atoms with van der Waals surface area (Å²) >= 11 is 0. The normalized spacial score (nSPS) is 11.4. The van der Waals surface area contributed by atoms with E-state index in [2.05, 4.69) is 67.0 Å². The summed E-state index contributed by atoms with van der Waals surface area (Å²) in [4.78, 5) is 14.5. The maximum Gasteiger partial charge on any atom is 0.220 e. The Bertz CT molecular complexity index is 762. The summed E-state index contributed by atoms with van der Waals surface area (Å²) in [5, 5.41) is 7.72. The average Bonchev–Trinajstić information content (AvgIpc) is 2.84. The lowest BCUT2D eigenvalue weighted by Gasteiger charge is -2.14. The first-order chi connectivity index (χ1) is 12.8. The highest BCUT2D eigenvalue weighted by Crippen LogP contribution is 2.17. The zero-order chi connectivity index (χ0) is 20.0. The minimum Gasteiger partial charge on any atom is -0.352 e. The molecule has 0 saturated carbocycles. The third-order valence-corrected chi connectivity index (χ3v) is 4.75. The summed E-state index contributed by atoms with van der Waals surface area (Å²) in [7, 11) is 4.11. The van der Waals surface area contributed by atoms with Crippen LogP contribution in [0.3, 0.4) is 0 Å². The van der Waals surface area contributed by atoms with E-state index in [4.69, 9.17) is 0 Å². The fraction of sp³-hybridized carbons (Fsp3) is 0.545. The number of hydrogen-bond donors (Lipinski definition) is 1. The highest BCUT2D eigenvalue weighted by molar-refractivity contribution is 5.76. The molecule has 1 heterocycles. The van der Waals surface area contributed by atoms with E-state index < -0.39 is 0 Å². The number of hydrogen-bond acceptors (Lipinski definition) is 3. The second kappa shape index (κ2) is 9.70. The SMILES string of the molecule is Cc1nn(CC(C)C)c(C)c1CCC(=O)NCc1ccccc1CN(C)C. The van der Waals surface area contributed by atoms with Crippen molar-refractivity contribution in [3.8, 4) is 0 Å². The molecular weight excluding hydrogens is 336 g/mol. The molecule has 1 aromatic heterocycles. The second-order valence-corrected chi connectivity index (χ2v) is 8.01. The molecule has 2 rings (SSSR count). The van der Waals surface area contributed by atoms with Gasteiger partial charge in [-0.05, 0) is 57.0 Å². The minimum atomic E-state index is 0.0880. The van der Waals surface area contributed by atoms with Gasteiger partial charge in [-0.15, -0.1) is 0 Å². The molecule has 148 valence electrons. The van der Waals surface area contributed by atoms with E-state index in [1.807, 2.05) is 19.1 Å². The topological polar surface area (TPSA) is 50.2 Å². The number of carbonyl (C=O) groups excluding carboxylic acids is 1. The third kappa shape index (κ3) is 6.21. The van der Waals surface area contributed by atoms with Gasteiger partial charge in [-0.3, -0.25) is 9.48 Å². The van der Waals surface area contributed by atoms with Crippen molar-refractivity contribution in [2.24, 2.45) is 5.92 Å². The van der Waals surface area contributed by atoms with Crippen molar-refractivity contribution in [3.63, 3.8) is 0 Å². The summed E-state index contributed by atoms with van der Waals surface area (Å²) in [6.07, 6.45) is 1.23. The third-order valence-electron chi connectivity index (χ3n) is 4.75. The molecule has 0 spiro atoms. The van der Waals surface area contributed by atoms with Gasteiger partial charge in [0.15, 0.2) is 0 Å². The quantitative estimate of drug-likeness (QED) is 0.735. The smallest absolute Gasteiger partial charge is 0.220 e. The van der Waals surface area contributed by atoms with Gasteiger partial charge in [0.2, 0.25) is 5.91 Å². The summed E-state index contributed by atoms with van der Waals surface area (Å²) in [6.45, 7) is 10.9. The van der Waals surface area contributed by atoms with Gasteiger partial charge in [-0.2, -0.15) is 5.10 Å². The lowest BCUT2D eigenvalue weighted by Crippen LogP contribution is -2.24. The number of amides is 1. The molecule has 5 heteroatoms. The van der Waals surface area contributed by atoms with E-state index >= 15 is 0 Å². The summed E-state index contributed by atoms with van der Waals surface area (Å²) in [5.74, 6) is 0.645. The van der Waals surface area contributed by atoms with Gasteiger partial charge < -0.3 is 10.2 Å². The van der Waals surface area contributed by atoms with E-state index in [0.717, 1.165) is 25.2 Å². The van der Waals surface area contributed by atoms with E-state index in [1.54, 1.807) is 0 Å². The van der Waals surface area contributed by atoms with E-state index in [0.29, 0.717) is 18.9 Å². The highest BCUT2D eigenvalue weighted by Gasteiger charge is 2.14. The van der Waals surface area contributed by atoms with Crippen molar-refractivity contribution in [1.82, 2.24) is 20.0 Å². The van der Waals surface area contributed by atoms with E-state index in [1.165, 1.54) is 22.4 Å². The maximum atomic E-state index is 12.4. The molecule has 0 fully saturated rings. The van der Waals surface area contributed by atoms with Crippen LogP contribution in [0.1, 0.15) is 48.3 Å². The first kappa shape index (κ1) is 21.2. The van der Waals surface area contributed by atoms with Gasteiger partial charge in [0.1, 0.15) is 0 Å². The van der Waals surface area contributed by atoms with Crippen molar-refractivity contribution in [2.45, 2.75) is 60.2 Å². The molecule has 1 amide bonds. The Labute approximate surface area is 163 Å². The van der Waals surface area contributed by atoms with Crippen molar-refractivity contribution < 1.29 is 4.79 Å². The summed E-state index contributed by atoms with van der Waals surface area (Å²) in [6, 6.07) is 8.28. The van der Waals surface area contributed by atoms with Crippen LogP contribution >= 0.6 is 0 Å². The predicted octanol–water partition coefficient (Wildman–Crippen LogP) is 3.47. The minimum absolute atomic E-state index is 0.0880. The molecule has 0 aliphatic carbocycles. The number of benzene rings is 1. The molecular formula is C22H34N4O. The van der Waals surface area contributed by atoms with Crippen molar-refractivity contribution in [3.05, 3.63) is 52.3 Å². The van der Waals surface area contributed by atoms with Gasteiger partial charge >= 0.3 is 0 Å². The average molecular weight is 371 g/mol. The molecule has 0 saturated heterocycles. The van der Waals surface area contributed by atoms with Crippen LogP contribution in [0, 0.1) is 19.8 Å². The Morgan fingerprint density at radius 1 is 1.19 bits per heavy atom. The summed E-state index contributed by atoms with van der Waals surface area (Å²) in [5.41, 5.74) is 5.86. The van der Waals surface area contributed by atoms with Crippen LogP contribution in [0.2, 0.25) is 0 Å². The zero-order valence-electron chi connectivity index (χ0n) is 17.7. The monoisotopic (exact) mass is 370 g/mol. The Balaban J connectivity index is 1.92. The number of nitrogens with zero attached hydrogens (tertiary/aromatic N) is 3. The molecule has 27 heavy (non-hydrogen) atoms. The number of rotatable bonds is 9. The standard InChI is InChI=1S/C22H34N4O/c1-16(2)14-26-18(4)21(17(3)24-26)11-12-22(27)23-13-19-9-7-8-10-20(19)15-25(5)6/h7-10,16H,11-15H2,1-6H3,(H,23,27). The van der Waals surface area contributed by atoms with Gasteiger partial charge in [-0.25, -0.2) is 0 Å². The molecule has 0 aliphatic heterocycles. The van der Waals surface area contributed by atoms with Crippen LogP contribution < -0.4 is 5.32 Å². The van der Waals surface area contributed by atoms with Crippen LogP contribution in [0.5, 0.6) is 0 Å². The van der Waals surface area contributed by atoms with Crippen LogP contribution in [0.4, 0.5) is 0 Å². The molecule has 0 unspecified atom stereocenters. The molecule has 2 aromatic rings. The lowest BCUT2D eigenvalue weighted by atomic mass is 10.1. The Hall–Kier alpha value is -2.14. The second-order valence-electron chi connectivity index (χ2n) is 8.01. The fourth-order valence-electron chi connectivity index (χ4n) is 3.37. The van der Waals surface area contributed by atoms with Crippen LogP contribution in [0.25, 0.3) is 0 Å². The predicted molar refractivity (Wildman–Crippen MR) is 111 cm³/mol. The number of aryl methyl sites for hydroxylation is 1.